The number of carbonyl (C=O) groups excluding carboxylic acids is 3. The molecule has 4 unspecified atom stereocenters. The van der Waals surface area contributed by atoms with E-state index in [0.29, 0.717) is 0 Å². The van der Waals surface area contributed by atoms with Gasteiger partial charge in [0.05, 0.1) is 18.9 Å². The molecule has 8 N–H and O–H groups in total. The molecule has 0 heterocycles. The van der Waals surface area contributed by atoms with Gasteiger partial charge in [-0.1, -0.05) is 13.8 Å². The third-order valence-electron chi connectivity index (χ3n) is 3.82. The minimum atomic E-state index is -1.69. The normalized spacial score (nSPS) is 14.7. The van der Waals surface area contributed by atoms with Crippen LogP contribution >= 0.6 is 0 Å². The molecule has 0 saturated heterocycles. The van der Waals surface area contributed by atoms with Crippen LogP contribution in [-0.4, -0.2) is 75.1 Å². The molecule has 4 atom stereocenters. The first kappa shape index (κ1) is 26.8. The quantitative estimate of drug-likeness (QED) is 0.167. The lowest BCUT2D eigenvalue weighted by molar-refractivity contribution is -0.147. The predicted octanol–water partition coefficient (Wildman–Crippen LogP) is -2.13. The summed E-state index contributed by atoms with van der Waals surface area (Å²) in [6, 6.07) is -5.43. The van der Waals surface area contributed by atoms with Crippen LogP contribution in [0.2, 0.25) is 0 Å². The van der Waals surface area contributed by atoms with E-state index in [1.165, 1.54) is 6.92 Å². The number of carbonyl (C=O) groups is 6. The monoisotopic (exact) mass is 432 g/mol. The number of carboxylic acid groups (broad SMARTS) is 3. The molecular weight excluding hydrogens is 404 g/mol. The average Bonchev–Trinajstić information content (AvgIpc) is 2.58. The van der Waals surface area contributed by atoms with Crippen molar-refractivity contribution >= 4 is 35.6 Å². The van der Waals surface area contributed by atoms with E-state index in [9.17, 15) is 28.8 Å². The van der Waals surface area contributed by atoms with Gasteiger partial charge in [0.25, 0.3) is 0 Å². The summed E-state index contributed by atoms with van der Waals surface area (Å²) in [6.07, 6.45) is -1.38. The van der Waals surface area contributed by atoms with E-state index in [-0.39, 0.29) is 12.3 Å². The first-order valence-corrected chi connectivity index (χ1v) is 9.07. The highest BCUT2D eigenvalue weighted by molar-refractivity contribution is 5.95. The fourth-order valence-corrected chi connectivity index (χ4v) is 2.31. The zero-order valence-electron chi connectivity index (χ0n) is 16.9. The van der Waals surface area contributed by atoms with E-state index >= 15 is 0 Å². The molecule has 0 aromatic rings. The standard InChI is InChI=1S/C17H28N4O9/c1-7(2)4-10(16(28)21-11(17(29)30)6-13(24)25)20-14(26)8(3)19-15(27)9(18)5-12(22)23/h7-11H,4-6,18H2,1-3H3,(H,19,27)(H,20,26)(H,21,28)(H,22,23)(H,24,25)(H,29,30). The molecule has 0 aliphatic heterocycles. The fraction of sp³-hybridized carbons (Fsp3) is 0.647. The maximum atomic E-state index is 12.4. The molecule has 30 heavy (non-hydrogen) atoms. The van der Waals surface area contributed by atoms with Crippen molar-refractivity contribution in [3.8, 4) is 0 Å². The highest BCUT2D eigenvalue weighted by Crippen LogP contribution is 2.07. The maximum Gasteiger partial charge on any atom is 0.326 e. The Labute approximate surface area is 172 Å². The van der Waals surface area contributed by atoms with Crippen molar-refractivity contribution in [2.75, 3.05) is 0 Å². The van der Waals surface area contributed by atoms with Crippen LogP contribution in [0.15, 0.2) is 0 Å². The summed E-state index contributed by atoms with van der Waals surface area (Å²) in [6.45, 7) is 4.78. The number of carboxylic acids is 3. The second-order valence-electron chi connectivity index (χ2n) is 7.12. The van der Waals surface area contributed by atoms with Crippen LogP contribution in [0.25, 0.3) is 0 Å². The van der Waals surface area contributed by atoms with Gasteiger partial charge in [-0.25, -0.2) is 4.79 Å². The molecule has 13 heteroatoms. The number of hydrogen-bond donors (Lipinski definition) is 7. The summed E-state index contributed by atoms with van der Waals surface area (Å²) in [4.78, 5) is 69.1. The average molecular weight is 432 g/mol. The molecule has 13 nitrogen and oxygen atoms in total. The van der Waals surface area contributed by atoms with Crippen molar-refractivity contribution < 1.29 is 44.1 Å². The number of aliphatic carboxylic acids is 3. The van der Waals surface area contributed by atoms with Gasteiger partial charge in [0.15, 0.2) is 0 Å². The number of rotatable bonds is 13. The van der Waals surface area contributed by atoms with Gasteiger partial charge in [-0.15, -0.1) is 0 Å². The van der Waals surface area contributed by atoms with Gasteiger partial charge in [0.2, 0.25) is 17.7 Å². The Morgan fingerprint density at radius 1 is 0.733 bits per heavy atom. The number of nitrogens with one attached hydrogen (secondary N) is 3. The van der Waals surface area contributed by atoms with Gasteiger partial charge in [0, 0.05) is 0 Å². The molecule has 0 aliphatic rings. The van der Waals surface area contributed by atoms with Gasteiger partial charge < -0.3 is 37.0 Å². The van der Waals surface area contributed by atoms with Crippen molar-refractivity contribution in [2.24, 2.45) is 11.7 Å². The van der Waals surface area contributed by atoms with Crippen molar-refractivity contribution in [1.29, 1.82) is 0 Å². The van der Waals surface area contributed by atoms with Crippen molar-refractivity contribution in [1.82, 2.24) is 16.0 Å². The zero-order chi connectivity index (χ0) is 23.6. The van der Waals surface area contributed by atoms with Crippen LogP contribution in [0.1, 0.15) is 40.0 Å². The summed E-state index contributed by atoms with van der Waals surface area (Å²) in [7, 11) is 0. The minimum absolute atomic E-state index is 0.0994. The molecule has 170 valence electrons. The van der Waals surface area contributed by atoms with E-state index in [2.05, 4.69) is 16.0 Å². The van der Waals surface area contributed by atoms with Gasteiger partial charge in [-0.3, -0.25) is 24.0 Å². The van der Waals surface area contributed by atoms with Crippen LogP contribution in [0.3, 0.4) is 0 Å². The van der Waals surface area contributed by atoms with E-state index in [4.69, 9.17) is 21.1 Å². The molecule has 0 saturated carbocycles. The minimum Gasteiger partial charge on any atom is -0.481 e. The smallest absolute Gasteiger partial charge is 0.326 e. The highest BCUT2D eigenvalue weighted by atomic mass is 16.4. The van der Waals surface area contributed by atoms with Crippen molar-refractivity contribution in [2.45, 2.75) is 64.2 Å². The lowest BCUT2D eigenvalue weighted by Crippen LogP contribution is -2.56. The van der Waals surface area contributed by atoms with Gasteiger partial charge in [-0.05, 0) is 19.3 Å². The highest BCUT2D eigenvalue weighted by Gasteiger charge is 2.30. The van der Waals surface area contributed by atoms with Crippen molar-refractivity contribution in [3.63, 3.8) is 0 Å². The first-order valence-electron chi connectivity index (χ1n) is 9.07. The largest absolute Gasteiger partial charge is 0.481 e. The van der Waals surface area contributed by atoms with Crippen LogP contribution in [0.5, 0.6) is 0 Å². The second-order valence-corrected chi connectivity index (χ2v) is 7.12. The van der Waals surface area contributed by atoms with Crippen LogP contribution < -0.4 is 21.7 Å². The van der Waals surface area contributed by atoms with Gasteiger partial charge in [0.1, 0.15) is 18.1 Å². The number of hydrogen-bond acceptors (Lipinski definition) is 7. The number of amides is 3. The molecule has 0 aromatic carbocycles. The molecule has 0 spiro atoms. The van der Waals surface area contributed by atoms with Crippen LogP contribution in [0, 0.1) is 5.92 Å². The van der Waals surface area contributed by atoms with Crippen LogP contribution in [0.4, 0.5) is 0 Å². The van der Waals surface area contributed by atoms with Gasteiger partial charge in [-0.2, -0.15) is 0 Å². The van der Waals surface area contributed by atoms with Crippen molar-refractivity contribution in [3.05, 3.63) is 0 Å². The summed E-state index contributed by atoms with van der Waals surface area (Å²) >= 11 is 0. The summed E-state index contributed by atoms with van der Waals surface area (Å²) in [5.41, 5.74) is 5.41. The molecule has 0 fully saturated rings. The Balaban J connectivity index is 5.13. The molecule has 3 amide bonds. The van der Waals surface area contributed by atoms with Gasteiger partial charge >= 0.3 is 17.9 Å². The maximum absolute atomic E-state index is 12.4. The SMILES string of the molecule is CC(C)CC(NC(=O)C(C)NC(=O)C(N)CC(=O)O)C(=O)NC(CC(=O)O)C(=O)O. The molecule has 0 radical (unpaired) electrons. The summed E-state index contributed by atoms with van der Waals surface area (Å²) in [5.74, 6) is -6.94. The molecule has 0 aromatic heterocycles. The van der Waals surface area contributed by atoms with Crippen LogP contribution in [-0.2, 0) is 28.8 Å². The predicted molar refractivity (Wildman–Crippen MR) is 101 cm³/mol. The number of nitrogens with two attached hydrogens (primary N) is 1. The Hall–Kier alpha value is -3.22. The lowest BCUT2D eigenvalue weighted by Gasteiger charge is -2.24. The topological polar surface area (TPSA) is 225 Å². The van der Waals surface area contributed by atoms with E-state index in [1.807, 2.05) is 0 Å². The Kier molecular flexibility index (Phi) is 11.0. The zero-order valence-corrected chi connectivity index (χ0v) is 16.9. The lowest BCUT2D eigenvalue weighted by atomic mass is 10.0. The van der Waals surface area contributed by atoms with E-state index < -0.39 is 72.6 Å². The fourth-order valence-electron chi connectivity index (χ4n) is 2.31. The van der Waals surface area contributed by atoms with E-state index in [0.717, 1.165) is 0 Å². The molecule has 0 aliphatic carbocycles. The molecule has 0 rings (SSSR count). The Morgan fingerprint density at radius 3 is 1.67 bits per heavy atom. The first-order chi connectivity index (χ1) is 13.7. The summed E-state index contributed by atoms with van der Waals surface area (Å²) in [5, 5.41) is 33.1. The van der Waals surface area contributed by atoms with E-state index in [1.54, 1.807) is 13.8 Å². The third-order valence-corrected chi connectivity index (χ3v) is 3.82. The molecular formula is C17H28N4O9. The summed E-state index contributed by atoms with van der Waals surface area (Å²) < 4.78 is 0. The Morgan fingerprint density at radius 2 is 1.23 bits per heavy atom. The Bertz CT molecular complexity index is 680. The third kappa shape index (κ3) is 10.4. The molecule has 0 bridgehead atoms. The second kappa shape index (κ2) is 12.4.